The number of imidazole rings is 1. The van der Waals surface area contributed by atoms with E-state index in [1.807, 2.05) is 113 Å². The summed E-state index contributed by atoms with van der Waals surface area (Å²) in [7, 11) is 1.75. The van der Waals surface area contributed by atoms with Gasteiger partial charge in [-0.1, -0.05) is 60.2 Å². The fourth-order valence-electron chi connectivity index (χ4n) is 6.25. The minimum Gasteiger partial charge on any atom is -0.293 e. The number of benzene rings is 4. The van der Waals surface area contributed by atoms with Gasteiger partial charge in [0.25, 0.3) is 0 Å². The molecule has 0 saturated carbocycles. The van der Waals surface area contributed by atoms with Gasteiger partial charge in [-0.2, -0.15) is 5.26 Å². The maximum absolute atomic E-state index is 13.6. The molecule has 0 radical (unpaired) electrons. The van der Waals surface area contributed by atoms with E-state index in [1.54, 1.807) is 28.5 Å². The van der Waals surface area contributed by atoms with Gasteiger partial charge in [0.1, 0.15) is 0 Å². The monoisotopic (exact) mass is 627 g/mol. The van der Waals surface area contributed by atoms with E-state index in [9.17, 15) is 14.9 Å². The van der Waals surface area contributed by atoms with Crippen molar-refractivity contribution in [3.63, 3.8) is 0 Å². The standard InChI is InChI=1S/C41H33N5O2/c1-25(2)18-37(47)28-9-6-8-27(19-28)33-11-7-10-29-20-30(22-44-38(29)33)26-12-17-35-34(21-26)39-36(23-43-35)45(5)40(48)46(39)32-15-13-31(14-16-32)41(3,4)24-42/h6-23H,1-5H3. The van der Waals surface area contributed by atoms with E-state index < -0.39 is 5.41 Å². The molecule has 48 heavy (non-hydrogen) atoms. The molecule has 3 heterocycles. The van der Waals surface area contributed by atoms with Crippen LogP contribution in [0.2, 0.25) is 0 Å². The Morgan fingerprint density at radius 3 is 2.38 bits per heavy atom. The summed E-state index contributed by atoms with van der Waals surface area (Å²) in [4.78, 5) is 36.0. The number of allylic oxidation sites excluding steroid dienone is 2. The molecule has 4 aromatic carbocycles. The Balaban J connectivity index is 1.34. The van der Waals surface area contributed by atoms with Gasteiger partial charge in [-0.25, -0.2) is 4.79 Å². The van der Waals surface area contributed by atoms with Crippen LogP contribution in [-0.2, 0) is 12.5 Å². The number of hydrogen-bond acceptors (Lipinski definition) is 5. The van der Waals surface area contributed by atoms with E-state index >= 15 is 0 Å². The highest BCUT2D eigenvalue weighted by Crippen LogP contribution is 2.34. The molecule has 0 aliphatic carbocycles. The molecule has 0 aliphatic heterocycles. The number of ketones is 1. The van der Waals surface area contributed by atoms with Crippen molar-refractivity contribution in [3.05, 3.63) is 137 Å². The highest BCUT2D eigenvalue weighted by atomic mass is 16.1. The van der Waals surface area contributed by atoms with Gasteiger partial charge in [-0.05, 0) is 86.9 Å². The van der Waals surface area contributed by atoms with E-state index in [-0.39, 0.29) is 11.5 Å². The Morgan fingerprint density at radius 2 is 1.62 bits per heavy atom. The number of nitriles is 1. The van der Waals surface area contributed by atoms with Crippen molar-refractivity contribution in [3.8, 4) is 34.0 Å². The molecule has 0 N–H and O–H groups in total. The minimum atomic E-state index is -0.642. The van der Waals surface area contributed by atoms with Crippen LogP contribution in [0, 0.1) is 11.3 Å². The fraction of sp³-hybridized carbons (Fsp3) is 0.146. The predicted molar refractivity (Wildman–Crippen MR) is 192 cm³/mol. The van der Waals surface area contributed by atoms with Gasteiger partial charge in [0, 0.05) is 40.7 Å². The number of para-hydroxylation sites is 1. The van der Waals surface area contributed by atoms with E-state index in [2.05, 4.69) is 23.2 Å². The lowest BCUT2D eigenvalue weighted by molar-refractivity contribution is 0.104. The number of rotatable bonds is 6. The van der Waals surface area contributed by atoms with E-state index in [0.29, 0.717) is 11.3 Å². The molecule has 0 unspecified atom stereocenters. The Hall–Kier alpha value is -6.13. The first-order valence-corrected chi connectivity index (χ1v) is 15.8. The summed E-state index contributed by atoms with van der Waals surface area (Å²) in [6.07, 6.45) is 5.26. The normalized spacial score (nSPS) is 11.6. The lowest BCUT2D eigenvalue weighted by atomic mass is 9.86. The van der Waals surface area contributed by atoms with Crippen molar-refractivity contribution in [1.29, 1.82) is 5.26 Å². The molecule has 0 spiro atoms. The molecule has 0 aliphatic rings. The second kappa shape index (κ2) is 11.6. The van der Waals surface area contributed by atoms with Crippen LogP contribution in [-0.4, -0.2) is 24.9 Å². The second-order valence-corrected chi connectivity index (χ2v) is 13.0. The van der Waals surface area contributed by atoms with Gasteiger partial charge < -0.3 is 0 Å². The van der Waals surface area contributed by atoms with Crippen molar-refractivity contribution in [2.45, 2.75) is 33.1 Å². The average molecular weight is 628 g/mol. The van der Waals surface area contributed by atoms with Crippen LogP contribution < -0.4 is 5.69 Å². The number of carbonyl (C=O) groups is 1. The number of nitrogens with zero attached hydrogens (tertiary/aromatic N) is 5. The van der Waals surface area contributed by atoms with Crippen LogP contribution in [0.5, 0.6) is 0 Å². The van der Waals surface area contributed by atoms with Crippen molar-refractivity contribution in [2.75, 3.05) is 0 Å². The molecule has 3 aromatic heterocycles. The third-order valence-corrected chi connectivity index (χ3v) is 8.93. The molecule has 234 valence electrons. The van der Waals surface area contributed by atoms with Crippen LogP contribution in [0.1, 0.15) is 43.6 Å². The first-order valence-electron chi connectivity index (χ1n) is 15.8. The summed E-state index contributed by atoms with van der Waals surface area (Å²) >= 11 is 0. The highest BCUT2D eigenvalue weighted by Gasteiger charge is 2.21. The SMILES string of the molecule is CC(C)=CC(=O)c1cccc(-c2cccc3cc(-c4ccc5ncc6c(c5c4)n(-c4ccc(C(C)(C)C#N)cc4)c(=O)n6C)cnc23)c1. The van der Waals surface area contributed by atoms with E-state index in [4.69, 9.17) is 4.98 Å². The van der Waals surface area contributed by atoms with Gasteiger partial charge >= 0.3 is 5.69 Å². The number of fused-ring (bicyclic) bond motifs is 4. The minimum absolute atomic E-state index is 0.0176. The zero-order chi connectivity index (χ0) is 33.7. The quantitative estimate of drug-likeness (QED) is 0.136. The van der Waals surface area contributed by atoms with Gasteiger partial charge in [0.15, 0.2) is 5.78 Å². The molecule has 0 bridgehead atoms. The summed E-state index contributed by atoms with van der Waals surface area (Å²) in [6, 6.07) is 31.9. The van der Waals surface area contributed by atoms with Crippen LogP contribution in [0.25, 0.3) is 60.8 Å². The van der Waals surface area contributed by atoms with Crippen LogP contribution in [0.3, 0.4) is 0 Å². The first kappa shape index (κ1) is 30.5. The lowest BCUT2D eigenvalue weighted by Gasteiger charge is -2.16. The summed E-state index contributed by atoms with van der Waals surface area (Å²) < 4.78 is 3.33. The van der Waals surface area contributed by atoms with E-state index in [1.165, 1.54) is 0 Å². The summed E-state index contributed by atoms with van der Waals surface area (Å²) in [5.41, 5.74) is 9.23. The molecule has 7 nitrogen and oxygen atoms in total. The first-order chi connectivity index (χ1) is 23.1. The Kier molecular flexibility index (Phi) is 7.37. The molecule has 0 fully saturated rings. The number of hydrogen-bond donors (Lipinski definition) is 0. The molecule has 0 saturated heterocycles. The average Bonchev–Trinajstić information content (AvgIpc) is 3.36. The van der Waals surface area contributed by atoms with Crippen molar-refractivity contribution < 1.29 is 4.79 Å². The maximum Gasteiger partial charge on any atom is 0.333 e. The Labute approximate surface area is 278 Å². The molecular weight excluding hydrogens is 594 g/mol. The smallest absolute Gasteiger partial charge is 0.293 e. The van der Waals surface area contributed by atoms with Crippen LogP contribution in [0.15, 0.2) is 120 Å². The van der Waals surface area contributed by atoms with E-state index in [0.717, 1.165) is 66.2 Å². The third kappa shape index (κ3) is 5.18. The second-order valence-electron chi connectivity index (χ2n) is 13.0. The third-order valence-electron chi connectivity index (χ3n) is 8.93. The topological polar surface area (TPSA) is 93.6 Å². The molecule has 7 heteroatoms. The number of carbonyl (C=O) groups excluding carboxylic acids is 1. The van der Waals surface area contributed by atoms with Gasteiger partial charge in [-0.15, -0.1) is 0 Å². The predicted octanol–water partition coefficient (Wildman–Crippen LogP) is 8.71. The maximum atomic E-state index is 13.6. The largest absolute Gasteiger partial charge is 0.333 e. The van der Waals surface area contributed by atoms with Crippen molar-refractivity contribution >= 4 is 38.6 Å². The molecule has 0 atom stereocenters. The van der Waals surface area contributed by atoms with Crippen LogP contribution in [0.4, 0.5) is 0 Å². The number of aromatic nitrogens is 4. The highest BCUT2D eigenvalue weighted by molar-refractivity contribution is 6.07. The zero-order valence-electron chi connectivity index (χ0n) is 27.4. The fourth-order valence-corrected chi connectivity index (χ4v) is 6.25. The van der Waals surface area contributed by atoms with Crippen molar-refractivity contribution in [1.82, 2.24) is 19.1 Å². The van der Waals surface area contributed by atoms with Crippen LogP contribution >= 0.6 is 0 Å². The molecule has 7 rings (SSSR count). The summed E-state index contributed by atoms with van der Waals surface area (Å²) in [5, 5.41) is 11.4. The number of aryl methyl sites for hydroxylation is 1. The zero-order valence-corrected chi connectivity index (χ0v) is 27.4. The lowest BCUT2D eigenvalue weighted by Crippen LogP contribution is -2.21. The molecule has 7 aromatic rings. The van der Waals surface area contributed by atoms with Gasteiger partial charge in [-0.3, -0.25) is 23.9 Å². The van der Waals surface area contributed by atoms with Gasteiger partial charge in [0.05, 0.1) is 45.4 Å². The number of pyridine rings is 2. The molecule has 0 amide bonds. The summed E-state index contributed by atoms with van der Waals surface area (Å²) in [6.45, 7) is 7.59. The Bertz CT molecular complexity index is 2560. The van der Waals surface area contributed by atoms with Gasteiger partial charge in [0.2, 0.25) is 0 Å². The summed E-state index contributed by atoms with van der Waals surface area (Å²) in [5.74, 6) is -0.0176. The molecular formula is C41H33N5O2. The van der Waals surface area contributed by atoms with Crippen molar-refractivity contribution in [2.24, 2.45) is 7.05 Å². The Morgan fingerprint density at radius 1 is 0.854 bits per heavy atom.